The van der Waals surface area contributed by atoms with Crippen LogP contribution in [0.2, 0.25) is 0 Å². The van der Waals surface area contributed by atoms with Gasteiger partial charge in [-0.1, -0.05) is 30.3 Å². The Balaban J connectivity index is 2.68. The van der Waals surface area contributed by atoms with E-state index in [0.29, 0.717) is 5.56 Å². The molecule has 0 aliphatic rings. The molecule has 82 valence electrons. The third-order valence-electron chi connectivity index (χ3n) is 1.93. The first-order chi connectivity index (χ1) is 7.16. The number of alkyl halides is 1. The Bertz CT molecular complexity index is 313. The van der Waals surface area contributed by atoms with E-state index in [9.17, 15) is 9.90 Å². The summed E-state index contributed by atoms with van der Waals surface area (Å²) in [7, 11) is 0. The van der Waals surface area contributed by atoms with Gasteiger partial charge in [-0.3, -0.25) is 4.79 Å². The van der Waals surface area contributed by atoms with E-state index >= 15 is 0 Å². The molecule has 0 fully saturated rings. The molecule has 2 atom stereocenters. The summed E-state index contributed by atoms with van der Waals surface area (Å²) >= 11 is 5.77. The van der Waals surface area contributed by atoms with Crippen molar-refractivity contribution in [3.8, 4) is 0 Å². The van der Waals surface area contributed by atoms with Gasteiger partial charge >= 0.3 is 5.97 Å². The average molecular weight is 229 g/mol. The lowest BCUT2D eigenvalue weighted by molar-refractivity contribution is -0.144. The summed E-state index contributed by atoms with van der Waals surface area (Å²) < 4.78 is 4.72. The number of esters is 1. The molecule has 2 unspecified atom stereocenters. The first-order valence-corrected chi connectivity index (χ1v) is 5.14. The molecule has 15 heavy (non-hydrogen) atoms. The van der Waals surface area contributed by atoms with Crippen molar-refractivity contribution in [2.45, 2.75) is 18.4 Å². The molecule has 0 bridgehead atoms. The third kappa shape index (κ3) is 3.22. The number of halogens is 1. The quantitative estimate of drug-likeness (QED) is 0.632. The SMILES string of the molecule is CCOC(=O)C(Cl)C(O)c1ccccc1. The first-order valence-electron chi connectivity index (χ1n) is 4.70. The largest absolute Gasteiger partial charge is 0.465 e. The van der Waals surface area contributed by atoms with Gasteiger partial charge in [0.05, 0.1) is 6.61 Å². The smallest absolute Gasteiger partial charge is 0.327 e. The minimum atomic E-state index is -1.06. The van der Waals surface area contributed by atoms with Gasteiger partial charge in [-0.15, -0.1) is 11.6 Å². The van der Waals surface area contributed by atoms with Crippen molar-refractivity contribution in [2.75, 3.05) is 6.61 Å². The van der Waals surface area contributed by atoms with Gasteiger partial charge in [-0.05, 0) is 12.5 Å². The number of hydrogen-bond donors (Lipinski definition) is 1. The Labute approximate surface area is 93.6 Å². The molecule has 0 amide bonds. The number of aliphatic hydroxyl groups excluding tert-OH is 1. The highest BCUT2D eigenvalue weighted by molar-refractivity contribution is 6.30. The Morgan fingerprint density at radius 1 is 1.47 bits per heavy atom. The highest BCUT2D eigenvalue weighted by Crippen LogP contribution is 2.21. The molecule has 1 rings (SSSR count). The predicted molar refractivity (Wildman–Crippen MR) is 57.7 cm³/mol. The Morgan fingerprint density at radius 3 is 2.60 bits per heavy atom. The van der Waals surface area contributed by atoms with Crippen molar-refractivity contribution < 1.29 is 14.6 Å². The minimum Gasteiger partial charge on any atom is -0.465 e. The highest BCUT2D eigenvalue weighted by atomic mass is 35.5. The van der Waals surface area contributed by atoms with Crippen LogP contribution >= 0.6 is 11.6 Å². The molecule has 4 heteroatoms. The second kappa shape index (κ2) is 5.73. The molecule has 1 N–H and O–H groups in total. The number of carbonyl (C=O) groups excluding carboxylic acids is 1. The standard InChI is InChI=1S/C11H13ClO3/c1-2-15-11(14)9(12)10(13)8-6-4-3-5-7-8/h3-7,9-10,13H,2H2,1H3. The van der Waals surface area contributed by atoms with Gasteiger partial charge in [0, 0.05) is 0 Å². The molecule has 0 saturated heterocycles. The van der Waals surface area contributed by atoms with Crippen LogP contribution in [0.4, 0.5) is 0 Å². The topological polar surface area (TPSA) is 46.5 Å². The monoisotopic (exact) mass is 228 g/mol. The molecule has 0 aliphatic carbocycles. The first kappa shape index (κ1) is 12.0. The fourth-order valence-corrected chi connectivity index (χ4v) is 1.38. The molecule has 0 aromatic heterocycles. The zero-order chi connectivity index (χ0) is 11.3. The highest BCUT2D eigenvalue weighted by Gasteiger charge is 2.26. The van der Waals surface area contributed by atoms with Crippen molar-refractivity contribution in [1.82, 2.24) is 0 Å². The second-order valence-electron chi connectivity index (χ2n) is 3.01. The summed E-state index contributed by atoms with van der Waals surface area (Å²) in [6, 6.07) is 8.78. The summed E-state index contributed by atoms with van der Waals surface area (Å²) in [6.45, 7) is 1.94. The maximum atomic E-state index is 11.2. The molecule has 0 aliphatic heterocycles. The van der Waals surface area contributed by atoms with E-state index in [2.05, 4.69) is 0 Å². The maximum absolute atomic E-state index is 11.2. The van der Waals surface area contributed by atoms with Gasteiger partial charge in [-0.25, -0.2) is 0 Å². The van der Waals surface area contributed by atoms with Gasteiger partial charge in [-0.2, -0.15) is 0 Å². The molecule has 1 aromatic rings. The van der Waals surface area contributed by atoms with Crippen LogP contribution in [0.5, 0.6) is 0 Å². The van der Waals surface area contributed by atoms with Gasteiger partial charge in [0.1, 0.15) is 6.10 Å². The van der Waals surface area contributed by atoms with Crippen LogP contribution in [0, 0.1) is 0 Å². The third-order valence-corrected chi connectivity index (χ3v) is 2.35. The van der Waals surface area contributed by atoms with Crippen LogP contribution < -0.4 is 0 Å². The number of rotatable bonds is 4. The van der Waals surface area contributed by atoms with E-state index in [1.807, 2.05) is 6.07 Å². The summed E-state index contributed by atoms with van der Waals surface area (Å²) in [6.07, 6.45) is -1.04. The Hall–Kier alpha value is -1.06. The molecular formula is C11H13ClO3. The van der Waals surface area contributed by atoms with Crippen LogP contribution in [0.3, 0.4) is 0 Å². The average Bonchev–Trinajstić information content (AvgIpc) is 2.28. The number of ether oxygens (including phenoxy) is 1. The molecular weight excluding hydrogens is 216 g/mol. The van der Waals surface area contributed by atoms with E-state index in [-0.39, 0.29) is 6.61 Å². The number of carbonyl (C=O) groups is 1. The lowest BCUT2D eigenvalue weighted by atomic mass is 10.1. The molecule has 3 nitrogen and oxygen atoms in total. The Morgan fingerprint density at radius 2 is 2.07 bits per heavy atom. The van der Waals surface area contributed by atoms with Gasteiger partial charge in [0.15, 0.2) is 5.38 Å². The minimum absolute atomic E-state index is 0.254. The van der Waals surface area contributed by atoms with Crippen molar-refractivity contribution in [3.05, 3.63) is 35.9 Å². The summed E-state index contributed by atoms with van der Waals surface area (Å²) in [5.41, 5.74) is 0.602. The van der Waals surface area contributed by atoms with E-state index in [4.69, 9.17) is 16.3 Å². The van der Waals surface area contributed by atoms with Crippen LogP contribution in [-0.2, 0) is 9.53 Å². The summed E-state index contributed by atoms with van der Waals surface area (Å²) in [5, 5.41) is 8.69. The van der Waals surface area contributed by atoms with Crippen molar-refractivity contribution in [1.29, 1.82) is 0 Å². The molecule has 0 spiro atoms. The normalized spacial score (nSPS) is 14.3. The number of hydrogen-bond acceptors (Lipinski definition) is 3. The van der Waals surface area contributed by atoms with Crippen LogP contribution in [0.1, 0.15) is 18.6 Å². The van der Waals surface area contributed by atoms with Gasteiger partial charge in [0.2, 0.25) is 0 Å². The Kier molecular flexibility index (Phi) is 4.59. The second-order valence-corrected chi connectivity index (χ2v) is 3.48. The lowest BCUT2D eigenvalue weighted by Gasteiger charge is -2.15. The van der Waals surface area contributed by atoms with E-state index in [1.165, 1.54) is 0 Å². The zero-order valence-corrected chi connectivity index (χ0v) is 9.15. The molecule has 0 radical (unpaired) electrons. The zero-order valence-electron chi connectivity index (χ0n) is 8.39. The van der Waals surface area contributed by atoms with Gasteiger partial charge < -0.3 is 9.84 Å². The molecule has 0 heterocycles. The summed E-state index contributed by atoms with van der Waals surface area (Å²) in [4.78, 5) is 11.2. The fraction of sp³-hybridized carbons (Fsp3) is 0.364. The van der Waals surface area contributed by atoms with Crippen LogP contribution in [-0.4, -0.2) is 23.1 Å². The van der Waals surface area contributed by atoms with Crippen LogP contribution in [0.15, 0.2) is 30.3 Å². The molecule has 0 saturated carbocycles. The lowest BCUT2D eigenvalue weighted by Crippen LogP contribution is -2.25. The fourth-order valence-electron chi connectivity index (χ4n) is 1.17. The van der Waals surface area contributed by atoms with Crippen LogP contribution in [0.25, 0.3) is 0 Å². The molecule has 1 aromatic carbocycles. The maximum Gasteiger partial charge on any atom is 0.327 e. The number of benzene rings is 1. The number of aliphatic hydroxyl groups is 1. The summed E-state index contributed by atoms with van der Waals surface area (Å²) in [5.74, 6) is -0.601. The van der Waals surface area contributed by atoms with Crippen molar-refractivity contribution in [2.24, 2.45) is 0 Å². The van der Waals surface area contributed by atoms with E-state index in [0.717, 1.165) is 0 Å². The van der Waals surface area contributed by atoms with Crippen molar-refractivity contribution in [3.63, 3.8) is 0 Å². The van der Waals surface area contributed by atoms with Crippen molar-refractivity contribution >= 4 is 17.6 Å². The van der Waals surface area contributed by atoms with E-state index in [1.54, 1.807) is 31.2 Å². The van der Waals surface area contributed by atoms with E-state index < -0.39 is 17.5 Å². The van der Waals surface area contributed by atoms with Gasteiger partial charge in [0.25, 0.3) is 0 Å². The predicted octanol–water partition coefficient (Wildman–Crippen LogP) is 1.89.